The molecule has 0 radical (unpaired) electrons. The Balaban J connectivity index is 1.55. The van der Waals surface area contributed by atoms with Crippen LogP contribution in [0.15, 0.2) is 35.1 Å². The second-order valence-electron chi connectivity index (χ2n) is 12.1. The van der Waals surface area contributed by atoms with Crippen LogP contribution in [0.3, 0.4) is 0 Å². The van der Waals surface area contributed by atoms with Crippen LogP contribution in [0.5, 0.6) is 0 Å². The van der Waals surface area contributed by atoms with Crippen LogP contribution >= 0.6 is 0 Å². The Bertz CT molecular complexity index is 1430. The average Bonchev–Trinajstić information content (AvgIpc) is 2.94. The zero-order valence-electron chi connectivity index (χ0n) is 25.5. The molecule has 7 nitrogen and oxygen atoms in total. The molecule has 9 heteroatoms. The minimum atomic E-state index is -2.89. The Labute approximate surface area is 247 Å². The smallest absolute Gasteiger partial charge is 0.273 e. The SMILES string of the molecule is CCC(CC)c1cc2c3nc(C)nc2n(c1=O)CCCOCCCCN1CC(C1)CC(F)(F)c1cccc(c1)[C@@H](C)N3. The first-order valence-electron chi connectivity index (χ1n) is 15.7. The highest BCUT2D eigenvalue weighted by Crippen LogP contribution is 2.39. The van der Waals surface area contributed by atoms with E-state index in [4.69, 9.17) is 14.7 Å². The molecule has 1 saturated heterocycles. The van der Waals surface area contributed by atoms with Gasteiger partial charge in [-0.05, 0) is 82.0 Å². The van der Waals surface area contributed by atoms with Gasteiger partial charge in [-0.3, -0.25) is 9.36 Å². The van der Waals surface area contributed by atoms with Gasteiger partial charge in [0.25, 0.3) is 11.5 Å². The van der Waals surface area contributed by atoms with Gasteiger partial charge in [0.15, 0.2) is 0 Å². The lowest BCUT2D eigenvalue weighted by Crippen LogP contribution is -2.48. The minimum Gasteiger partial charge on any atom is -0.381 e. The van der Waals surface area contributed by atoms with E-state index in [1.54, 1.807) is 16.7 Å². The van der Waals surface area contributed by atoms with E-state index < -0.39 is 5.92 Å². The van der Waals surface area contributed by atoms with Gasteiger partial charge in [-0.2, -0.15) is 0 Å². The zero-order valence-corrected chi connectivity index (χ0v) is 25.5. The summed E-state index contributed by atoms with van der Waals surface area (Å²) >= 11 is 0. The summed E-state index contributed by atoms with van der Waals surface area (Å²) < 4.78 is 38.6. The summed E-state index contributed by atoms with van der Waals surface area (Å²) in [6, 6.07) is 8.42. The van der Waals surface area contributed by atoms with E-state index in [1.807, 2.05) is 26.0 Å². The molecule has 3 aliphatic heterocycles. The summed E-state index contributed by atoms with van der Waals surface area (Å²) in [4.78, 5) is 25.5. The second-order valence-corrected chi connectivity index (χ2v) is 12.1. The molecule has 0 aliphatic carbocycles. The predicted molar refractivity (Wildman–Crippen MR) is 163 cm³/mol. The molecule has 3 aliphatic rings. The molecule has 1 aromatic carbocycles. The number of nitrogens with one attached hydrogen (secondary N) is 1. The van der Waals surface area contributed by atoms with Gasteiger partial charge in [0.2, 0.25) is 0 Å². The van der Waals surface area contributed by atoms with Crippen LogP contribution in [0.4, 0.5) is 14.6 Å². The number of hydrogen-bond donors (Lipinski definition) is 1. The Morgan fingerprint density at radius 2 is 1.83 bits per heavy atom. The molecule has 1 fully saturated rings. The number of pyridine rings is 1. The first-order chi connectivity index (χ1) is 20.2. The van der Waals surface area contributed by atoms with E-state index >= 15 is 8.78 Å². The number of aryl methyl sites for hydroxylation is 2. The highest BCUT2D eigenvalue weighted by Gasteiger charge is 2.39. The van der Waals surface area contributed by atoms with Crippen molar-refractivity contribution in [3.8, 4) is 0 Å². The number of fused-ring (bicyclic) bond motifs is 9. The first kappa shape index (κ1) is 30.5. The monoisotopic (exact) mass is 581 g/mol. The molecule has 0 spiro atoms. The lowest BCUT2D eigenvalue weighted by Gasteiger charge is -2.41. The maximum atomic E-state index is 15.4. The molecule has 1 atom stereocenters. The van der Waals surface area contributed by atoms with E-state index in [9.17, 15) is 4.79 Å². The standard InChI is InChI=1S/C33H45F2N5O2/c1-5-25(6-2)28-18-29-30-36-22(3)26-11-9-12-27(17-26)33(34,35)19-24-20-39(21-24)13-7-8-15-42-16-10-14-40(32(28)41)31(29)38-23(4)37-30/h9,11-12,17-18,22,24-25H,5-8,10,13-16,19-21H2,1-4H3,(H,36,37,38)/t22-/m1/s1. The van der Waals surface area contributed by atoms with E-state index in [-0.39, 0.29) is 35.4 Å². The van der Waals surface area contributed by atoms with Gasteiger partial charge in [0.1, 0.15) is 17.3 Å². The van der Waals surface area contributed by atoms with Gasteiger partial charge < -0.3 is 15.0 Å². The van der Waals surface area contributed by atoms with Crippen molar-refractivity contribution < 1.29 is 13.5 Å². The predicted octanol–water partition coefficient (Wildman–Crippen LogP) is 6.79. The van der Waals surface area contributed by atoms with Gasteiger partial charge >= 0.3 is 0 Å². The normalized spacial score (nSPS) is 23.5. The van der Waals surface area contributed by atoms with Crippen molar-refractivity contribution in [3.05, 3.63) is 63.2 Å². The highest BCUT2D eigenvalue weighted by atomic mass is 19.3. The number of nitrogens with zero attached hydrogens (tertiary/aromatic N) is 4. The highest BCUT2D eigenvalue weighted by molar-refractivity contribution is 5.87. The van der Waals surface area contributed by atoms with Gasteiger partial charge in [-0.25, -0.2) is 18.7 Å². The van der Waals surface area contributed by atoms with Crippen molar-refractivity contribution in [2.24, 2.45) is 5.92 Å². The molecule has 6 rings (SSSR count). The summed E-state index contributed by atoms with van der Waals surface area (Å²) in [5.74, 6) is -1.62. The summed E-state index contributed by atoms with van der Waals surface area (Å²) in [6.45, 7) is 12.1. The van der Waals surface area contributed by atoms with Crippen molar-refractivity contribution >= 4 is 16.9 Å². The molecule has 0 amide bonds. The molecule has 1 N–H and O–H groups in total. The van der Waals surface area contributed by atoms with Crippen LogP contribution in [0.1, 0.15) is 93.8 Å². The molecule has 42 heavy (non-hydrogen) atoms. The molecule has 0 unspecified atom stereocenters. The topological polar surface area (TPSA) is 72.3 Å². The van der Waals surface area contributed by atoms with Crippen LogP contribution < -0.4 is 10.9 Å². The van der Waals surface area contributed by atoms with E-state index in [1.165, 1.54) is 6.07 Å². The molecule has 2 aromatic heterocycles. The second kappa shape index (κ2) is 13.2. The Morgan fingerprint density at radius 1 is 1.07 bits per heavy atom. The van der Waals surface area contributed by atoms with Crippen LogP contribution in [0.25, 0.3) is 11.0 Å². The molecule has 5 heterocycles. The molecule has 3 aromatic rings. The quantitative estimate of drug-likeness (QED) is 0.367. The van der Waals surface area contributed by atoms with Crippen molar-refractivity contribution in [1.29, 1.82) is 0 Å². The van der Waals surface area contributed by atoms with E-state index in [0.717, 1.165) is 61.8 Å². The summed E-state index contributed by atoms with van der Waals surface area (Å²) in [5.41, 5.74) is 2.17. The Morgan fingerprint density at radius 3 is 2.60 bits per heavy atom. The summed E-state index contributed by atoms with van der Waals surface area (Å²) in [7, 11) is 0. The maximum absolute atomic E-state index is 15.4. The molecule has 0 saturated carbocycles. The first-order valence-corrected chi connectivity index (χ1v) is 15.7. The fourth-order valence-electron chi connectivity index (χ4n) is 6.47. The minimum absolute atomic E-state index is 0.00513. The average molecular weight is 582 g/mol. The van der Waals surface area contributed by atoms with E-state index in [0.29, 0.717) is 43.5 Å². The molecular formula is C33H45F2N5O2. The Hall–Kier alpha value is -2.91. The summed E-state index contributed by atoms with van der Waals surface area (Å²) in [5, 5.41) is 4.26. The zero-order chi connectivity index (χ0) is 29.9. The van der Waals surface area contributed by atoms with Crippen LogP contribution in [0, 0.1) is 12.8 Å². The van der Waals surface area contributed by atoms with Crippen molar-refractivity contribution in [2.75, 3.05) is 38.2 Å². The Kier molecular flexibility index (Phi) is 9.57. The fourth-order valence-corrected chi connectivity index (χ4v) is 6.47. The third kappa shape index (κ3) is 6.67. The lowest BCUT2D eigenvalue weighted by molar-refractivity contribution is -0.0570. The third-order valence-electron chi connectivity index (χ3n) is 8.93. The van der Waals surface area contributed by atoms with Crippen molar-refractivity contribution in [3.63, 3.8) is 0 Å². The van der Waals surface area contributed by atoms with Crippen LogP contribution in [-0.4, -0.2) is 52.3 Å². The van der Waals surface area contributed by atoms with Gasteiger partial charge in [-0.1, -0.05) is 32.0 Å². The lowest BCUT2D eigenvalue weighted by atomic mass is 9.89. The summed E-state index contributed by atoms with van der Waals surface area (Å²) in [6.07, 6.45) is 4.19. The largest absolute Gasteiger partial charge is 0.381 e. The number of benzene rings is 1. The number of alkyl halides is 2. The molecule has 228 valence electrons. The van der Waals surface area contributed by atoms with Crippen molar-refractivity contribution in [2.45, 2.75) is 90.6 Å². The van der Waals surface area contributed by atoms with Gasteiger partial charge in [0.05, 0.1) is 5.39 Å². The van der Waals surface area contributed by atoms with Crippen LogP contribution in [0.2, 0.25) is 0 Å². The number of halogens is 2. The maximum Gasteiger partial charge on any atom is 0.273 e. The van der Waals surface area contributed by atoms with Crippen molar-refractivity contribution in [1.82, 2.24) is 19.4 Å². The van der Waals surface area contributed by atoms with E-state index in [2.05, 4.69) is 24.1 Å². The third-order valence-corrected chi connectivity index (χ3v) is 8.93. The molecular weight excluding hydrogens is 536 g/mol. The van der Waals surface area contributed by atoms with Gasteiger partial charge in [-0.15, -0.1) is 0 Å². The van der Waals surface area contributed by atoms with Gasteiger partial charge in [0, 0.05) is 56.4 Å². The number of anilines is 1. The van der Waals surface area contributed by atoms with Crippen LogP contribution in [-0.2, 0) is 17.2 Å². The molecule has 8 bridgehead atoms. The number of ether oxygens (including phenoxy) is 1. The number of aromatic nitrogens is 3. The number of rotatable bonds is 3. The fraction of sp³-hybridized carbons (Fsp3) is 0.606. The number of hydrogen-bond acceptors (Lipinski definition) is 6.